The average Bonchev–Trinajstić information content (AvgIpc) is 2.67. The van der Waals surface area contributed by atoms with E-state index in [0.29, 0.717) is 23.8 Å². The van der Waals surface area contributed by atoms with Crippen LogP contribution in [0, 0.1) is 0 Å². The molecule has 0 saturated heterocycles. The first kappa shape index (κ1) is 20.9. The van der Waals surface area contributed by atoms with Gasteiger partial charge in [0.2, 0.25) is 11.8 Å². The zero-order valence-corrected chi connectivity index (χ0v) is 16.7. The summed E-state index contributed by atoms with van der Waals surface area (Å²) in [5.74, 6) is -0.217. The van der Waals surface area contributed by atoms with E-state index < -0.39 is 6.04 Å². The van der Waals surface area contributed by atoms with Crippen LogP contribution in [0.3, 0.4) is 0 Å². The molecule has 2 rings (SSSR count). The molecule has 0 aliphatic carbocycles. The second-order valence-electron chi connectivity index (χ2n) is 6.46. The predicted octanol–water partition coefficient (Wildman–Crippen LogP) is 3.65. The lowest BCUT2D eigenvalue weighted by atomic mass is 10.2. The Hall–Kier alpha value is -2.37. The van der Waals surface area contributed by atoms with Crippen LogP contribution in [-0.2, 0) is 16.1 Å². The van der Waals surface area contributed by atoms with Crippen molar-refractivity contribution in [3.63, 3.8) is 0 Å². The Morgan fingerprint density at radius 2 is 1.70 bits per heavy atom. The van der Waals surface area contributed by atoms with Gasteiger partial charge < -0.3 is 10.2 Å². The summed E-state index contributed by atoms with van der Waals surface area (Å²) in [5.41, 5.74) is 1.65. The van der Waals surface area contributed by atoms with Crippen molar-refractivity contribution in [1.29, 1.82) is 0 Å². The van der Waals surface area contributed by atoms with Gasteiger partial charge in [0, 0.05) is 13.1 Å². The lowest BCUT2D eigenvalue weighted by Gasteiger charge is -2.29. The molecule has 2 amide bonds. The largest absolute Gasteiger partial charge is 0.337 e. The maximum Gasteiger partial charge on any atom is 0.239 e. The number of hydrogen-bond donors (Lipinski definition) is 1. The van der Waals surface area contributed by atoms with E-state index in [2.05, 4.69) is 5.32 Å². The fourth-order valence-electron chi connectivity index (χ4n) is 2.72. The third-order valence-electron chi connectivity index (χ3n) is 4.47. The molecule has 2 aromatic rings. The quantitative estimate of drug-likeness (QED) is 0.752. The number of hydrogen-bond acceptors (Lipinski definition) is 3. The van der Waals surface area contributed by atoms with Crippen molar-refractivity contribution in [1.82, 2.24) is 9.80 Å². The van der Waals surface area contributed by atoms with E-state index in [9.17, 15) is 9.59 Å². The Labute approximate surface area is 165 Å². The molecular formula is C21H26ClN3O2. The molecule has 0 aliphatic heterocycles. The van der Waals surface area contributed by atoms with E-state index in [-0.39, 0.29) is 18.4 Å². The minimum absolute atomic E-state index is 0.00519. The maximum absolute atomic E-state index is 12.8. The Morgan fingerprint density at radius 3 is 2.33 bits per heavy atom. The summed E-state index contributed by atoms with van der Waals surface area (Å²) in [6, 6.07) is 16.5. The van der Waals surface area contributed by atoms with Gasteiger partial charge in [-0.15, -0.1) is 0 Å². The van der Waals surface area contributed by atoms with Gasteiger partial charge in [-0.3, -0.25) is 14.5 Å². The molecule has 0 heterocycles. The van der Waals surface area contributed by atoms with Gasteiger partial charge in [-0.25, -0.2) is 0 Å². The van der Waals surface area contributed by atoms with E-state index in [1.165, 1.54) is 0 Å². The highest BCUT2D eigenvalue weighted by atomic mass is 35.5. The molecule has 1 atom stereocenters. The summed E-state index contributed by atoms with van der Waals surface area (Å²) in [5, 5.41) is 3.26. The van der Waals surface area contributed by atoms with Crippen LogP contribution in [0.15, 0.2) is 54.6 Å². The zero-order valence-electron chi connectivity index (χ0n) is 16.0. The molecule has 0 spiro atoms. The average molecular weight is 388 g/mol. The van der Waals surface area contributed by atoms with Crippen LogP contribution >= 0.6 is 11.6 Å². The maximum atomic E-state index is 12.8. The van der Waals surface area contributed by atoms with Gasteiger partial charge >= 0.3 is 0 Å². The SMILES string of the molecule is CCN(Cc1ccccc1)C(=O)[C@H](C)N(C)CC(=O)Nc1ccccc1Cl. The van der Waals surface area contributed by atoms with Crippen LogP contribution in [0.1, 0.15) is 19.4 Å². The van der Waals surface area contributed by atoms with Gasteiger partial charge in [0.25, 0.3) is 0 Å². The van der Waals surface area contributed by atoms with Crippen molar-refractivity contribution in [2.75, 3.05) is 25.5 Å². The highest BCUT2D eigenvalue weighted by Crippen LogP contribution is 2.20. The fraction of sp³-hybridized carbons (Fsp3) is 0.333. The third-order valence-corrected chi connectivity index (χ3v) is 4.80. The van der Waals surface area contributed by atoms with Gasteiger partial charge in [-0.2, -0.15) is 0 Å². The number of carbonyl (C=O) groups excluding carboxylic acids is 2. The summed E-state index contributed by atoms with van der Waals surface area (Å²) in [6.45, 7) is 5.04. The number of anilines is 1. The standard InChI is InChI=1S/C21H26ClN3O2/c1-4-25(14-17-10-6-5-7-11-17)21(27)16(2)24(3)15-20(26)23-19-13-9-8-12-18(19)22/h5-13,16H,4,14-15H2,1-3H3,(H,23,26)/t16-/m0/s1. The van der Waals surface area contributed by atoms with Crippen molar-refractivity contribution in [3.05, 3.63) is 65.2 Å². The van der Waals surface area contributed by atoms with Gasteiger partial charge in [0.15, 0.2) is 0 Å². The molecule has 0 aromatic heterocycles. The smallest absolute Gasteiger partial charge is 0.239 e. The van der Waals surface area contributed by atoms with E-state index >= 15 is 0 Å². The van der Waals surface area contributed by atoms with E-state index in [4.69, 9.17) is 11.6 Å². The number of nitrogens with zero attached hydrogens (tertiary/aromatic N) is 2. The summed E-state index contributed by atoms with van der Waals surface area (Å²) < 4.78 is 0. The first-order valence-electron chi connectivity index (χ1n) is 8.99. The number of rotatable bonds is 8. The number of likely N-dealkylation sites (N-methyl/N-ethyl adjacent to an activating group) is 2. The molecule has 27 heavy (non-hydrogen) atoms. The predicted molar refractivity (Wildman–Crippen MR) is 110 cm³/mol. The van der Waals surface area contributed by atoms with E-state index in [1.807, 2.05) is 44.2 Å². The number of benzene rings is 2. The van der Waals surface area contributed by atoms with Crippen LogP contribution in [0.4, 0.5) is 5.69 Å². The molecule has 144 valence electrons. The van der Waals surface area contributed by atoms with Gasteiger partial charge in [-0.05, 0) is 38.6 Å². The van der Waals surface area contributed by atoms with Crippen LogP contribution < -0.4 is 5.32 Å². The second-order valence-corrected chi connectivity index (χ2v) is 6.86. The van der Waals surface area contributed by atoms with E-state index in [0.717, 1.165) is 5.56 Å². The monoisotopic (exact) mass is 387 g/mol. The Morgan fingerprint density at radius 1 is 1.07 bits per heavy atom. The zero-order chi connectivity index (χ0) is 19.8. The summed E-state index contributed by atoms with van der Waals surface area (Å²) in [7, 11) is 1.77. The molecule has 6 heteroatoms. The van der Waals surface area contributed by atoms with Crippen molar-refractivity contribution >= 4 is 29.1 Å². The minimum Gasteiger partial charge on any atom is -0.337 e. The number of nitrogens with one attached hydrogen (secondary N) is 1. The van der Waals surface area contributed by atoms with Crippen LogP contribution in [0.25, 0.3) is 0 Å². The fourth-order valence-corrected chi connectivity index (χ4v) is 2.90. The molecular weight excluding hydrogens is 362 g/mol. The van der Waals surface area contributed by atoms with Crippen LogP contribution in [0.5, 0.6) is 0 Å². The molecule has 0 saturated carbocycles. The molecule has 0 aliphatic rings. The van der Waals surface area contributed by atoms with Gasteiger partial charge in [-0.1, -0.05) is 54.1 Å². The first-order valence-corrected chi connectivity index (χ1v) is 9.37. The number of para-hydroxylation sites is 1. The van der Waals surface area contributed by atoms with Crippen molar-refractivity contribution in [2.45, 2.75) is 26.4 Å². The van der Waals surface area contributed by atoms with Crippen molar-refractivity contribution in [3.8, 4) is 0 Å². The normalized spacial score (nSPS) is 11.9. The lowest BCUT2D eigenvalue weighted by Crippen LogP contribution is -2.47. The molecule has 0 radical (unpaired) electrons. The molecule has 0 unspecified atom stereocenters. The molecule has 1 N–H and O–H groups in total. The van der Waals surface area contributed by atoms with Gasteiger partial charge in [0.05, 0.1) is 23.3 Å². The highest BCUT2D eigenvalue weighted by Gasteiger charge is 2.24. The van der Waals surface area contributed by atoms with Gasteiger partial charge in [0.1, 0.15) is 0 Å². The topological polar surface area (TPSA) is 52.7 Å². The van der Waals surface area contributed by atoms with E-state index in [1.54, 1.807) is 41.1 Å². The Kier molecular flexibility index (Phi) is 7.82. The number of amides is 2. The molecule has 5 nitrogen and oxygen atoms in total. The highest BCUT2D eigenvalue weighted by molar-refractivity contribution is 6.33. The minimum atomic E-state index is -0.411. The first-order chi connectivity index (χ1) is 12.9. The van der Waals surface area contributed by atoms with Crippen molar-refractivity contribution < 1.29 is 9.59 Å². The number of halogens is 1. The molecule has 2 aromatic carbocycles. The molecule has 0 fully saturated rings. The van der Waals surface area contributed by atoms with Crippen LogP contribution in [-0.4, -0.2) is 47.8 Å². The second kappa shape index (κ2) is 10.1. The Bertz CT molecular complexity index is 767. The number of carbonyl (C=O) groups is 2. The third kappa shape index (κ3) is 6.08. The van der Waals surface area contributed by atoms with Crippen LogP contribution in [0.2, 0.25) is 5.02 Å². The molecule has 0 bridgehead atoms. The van der Waals surface area contributed by atoms with Crippen molar-refractivity contribution in [2.24, 2.45) is 0 Å². The summed E-state index contributed by atoms with van der Waals surface area (Å²) in [6.07, 6.45) is 0. The Balaban J connectivity index is 1.94. The summed E-state index contributed by atoms with van der Waals surface area (Å²) in [4.78, 5) is 28.7. The lowest BCUT2D eigenvalue weighted by molar-refractivity contribution is -0.136. The summed E-state index contributed by atoms with van der Waals surface area (Å²) >= 11 is 6.07.